The molecule has 1 aromatic rings. The zero-order valence-electron chi connectivity index (χ0n) is 14.8. The van der Waals surface area contributed by atoms with Crippen LogP contribution in [0.5, 0.6) is 11.5 Å². The summed E-state index contributed by atoms with van der Waals surface area (Å²) in [6, 6.07) is 0.971. The van der Waals surface area contributed by atoms with Crippen molar-refractivity contribution in [2.75, 3.05) is 6.61 Å². The summed E-state index contributed by atoms with van der Waals surface area (Å²) in [5.41, 5.74) is -0.0854. The molecule has 0 saturated carbocycles. The van der Waals surface area contributed by atoms with Crippen LogP contribution in [0.15, 0.2) is 18.2 Å². The van der Waals surface area contributed by atoms with E-state index in [2.05, 4.69) is 0 Å². The predicted molar refractivity (Wildman–Crippen MR) is 96.8 cm³/mol. The monoisotopic (exact) mass is 382 g/mol. The number of allylic oxidation sites excluding steroid dienone is 1. The van der Waals surface area contributed by atoms with E-state index >= 15 is 0 Å². The second kappa shape index (κ2) is 9.05. The number of esters is 1. The number of carbonyl (C=O) groups excluding carboxylic acids is 2. The molecule has 7 heteroatoms. The van der Waals surface area contributed by atoms with Crippen molar-refractivity contribution in [1.29, 1.82) is 0 Å². The molecule has 0 aromatic heterocycles. The average molecular weight is 383 g/mol. The van der Waals surface area contributed by atoms with Crippen LogP contribution in [0.3, 0.4) is 0 Å². The molecule has 1 saturated heterocycles. The van der Waals surface area contributed by atoms with Crippen molar-refractivity contribution in [3.63, 3.8) is 0 Å². The molecule has 1 fully saturated rings. The number of hydrogen-bond donors (Lipinski definition) is 2. The number of phenols is 2. The van der Waals surface area contributed by atoms with Gasteiger partial charge in [-0.3, -0.25) is 4.79 Å². The van der Waals surface area contributed by atoms with Crippen LogP contribution in [0.4, 0.5) is 0 Å². The van der Waals surface area contributed by atoms with E-state index < -0.39 is 11.7 Å². The number of ketones is 1. The van der Waals surface area contributed by atoms with Gasteiger partial charge in [0.25, 0.3) is 0 Å². The van der Waals surface area contributed by atoms with Gasteiger partial charge < -0.3 is 19.7 Å². The topological polar surface area (TPSA) is 96.4 Å². The van der Waals surface area contributed by atoms with Crippen LogP contribution in [-0.4, -0.2) is 40.8 Å². The number of rotatable bonds is 0. The van der Waals surface area contributed by atoms with Crippen LogP contribution in [0.1, 0.15) is 49.0 Å². The number of Topliss-reactive ketones (excluding diaryl/α,β-unsaturated/α-hetero) is 1. The Hall–Kier alpha value is -2.05. The van der Waals surface area contributed by atoms with Gasteiger partial charge in [-0.2, -0.15) is 0 Å². The number of epoxide rings is 1. The van der Waals surface area contributed by atoms with Crippen molar-refractivity contribution >= 4 is 23.4 Å². The van der Waals surface area contributed by atoms with Crippen molar-refractivity contribution in [2.45, 2.75) is 51.7 Å². The lowest BCUT2D eigenvalue weighted by Crippen LogP contribution is -2.14. The van der Waals surface area contributed by atoms with E-state index in [0.29, 0.717) is 12.8 Å². The number of aromatic hydroxyl groups is 2. The Morgan fingerprint density at radius 2 is 1.92 bits per heavy atom. The molecule has 6 nitrogen and oxygen atoms in total. The van der Waals surface area contributed by atoms with Gasteiger partial charge >= 0.3 is 5.97 Å². The van der Waals surface area contributed by atoms with Gasteiger partial charge in [0.05, 0.1) is 17.7 Å². The largest absolute Gasteiger partial charge is 0.507 e. The van der Waals surface area contributed by atoms with E-state index in [1.54, 1.807) is 0 Å². The standard InChI is InChI=1S/C17H17ClO6.C2H6/c18-16-10-7-9(19)3-1-2-4-13-14(24-13)5-6-23-17(22)15(10)11(20)8-12(16)21;1-2/h2,4,8,13-14,20-21H,1,3,5-7H2;1-2H3/b4-2-;. The lowest BCUT2D eigenvalue weighted by molar-refractivity contribution is -0.118. The third-order valence-corrected chi connectivity index (χ3v) is 4.49. The quantitative estimate of drug-likeness (QED) is 0.404. The molecule has 3 rings (SSSR count). The molecule has 1 aromatic carbocycles. The fourth-order valence-electron chi connectivity index (χ4n) is 2.74. The maximum absolute atomic E-state index is 12.3. The Kier molecular flexibility index (Phi) is 7.06. The average Bonchev–Trinajstić information content (AvgIpc) is 3.36. The smallest absolute Gasteiger partial charge is 0.342 e. The minimum atomic E-state index is -0.776. The van der Waals surface area contributed by atoms with Crippen LogP contribution >= 0.6 is 11.6 Å². The van der Waals surface area contributed by atoms with Crippen molar-refractivity contribution in [3.05, 3.63) is 34.4 Å². The fraction of sp³-hybridized carbons (Fsp3) is 0.474. The highest BCUT2D eigenvalue weighted by molar-refractivity contribution is 6.33. The molecule has 0 radical (unpaired) electrons. The van der Waals surface area contributed by atoms with Crippen molar-refractivity contribution in [3.8, 4) is 11.5 Å². The Labute approximate surface area is 157 Å². The summed E-state index contributed by atoms with van der Waals surface area (Å²) in [5, 5.41) is 19.7. The van der Waals surface area contributed by atoms with Crippen molar-refractivity contribution < 1.29 is 29.3 Å². The summed E-state index contributed by atoms with van der Waals surface area (Å²) >= 11 is 6.04. The molecule has 142 valence electrons. The zero-order valence-corrected chi connectivity index (χ0v) is 15.6. The number of ether oxygens (including phenoxy) is 2. The molecule has 0 bridgehead atoms. The van der Waals surface area contributed by atoms with Crippen LogP contribution in [-0.2, 0) is 20.7 Å². The molecule has 2 aliphatic heterocycles. The van der Waals surface area contributed by atoms with Crippen molar-refractivity contribution in [2.24, 2.45) is 0 Å². The third-order valence-electron chi connectivity index (χ3n) is 4.07. The minimum absolute atomic E-state index is 0.00386. The molecular formula is C19H23ClO6. The van der Waals surface area contributed by atoms with Gasteiger partial charge in [-0.15, -0.1) is 0 Å². The van der Waals surface area contributed by atoms with Gasteiger partial charge in [-0.25, -0.2) is 4.79 Å². The SMILES string of the molecule is CC.O=C1CC/C=C\C2OC2CCOC(=O)c2c(O)cc(O)c(Cl)c2C1. The molecular weight excluding hydrogens is 360 g/mol. The first-order chi connectivity index (χ1) is 12.5. The lowest BCUT2D eigenvalue weighted by atomic mass is 9.98. The van der Waals surface area contributed by atoms with Gasteiger partial charge in [0.2, 0.25) is 0 Å². The van der Waals surface area contributed by atoms with Gasteiger partial charge in [0, 0.05) is 30.9 Å². The first-order valence-electron chi connectivity index (χ1n) is 8.71. The van der Waals surface area contributed by atoms with Crippen molar-refractivity contribution in [1.82, 2.24) is 0 Å². The highest BCUT2D eigenvalue weighted by Gasteiger charge is 2.36. The summed E-state index contributed by atoms with van der Waals surface area (Å²) < 4.78 is 10.6. The van der Waals surface area contributed by atoms with Gasteiger partial charge in [-0.05, 0) is 6.42 Å². The normalized spacial score (nSPS) is 24.1. The highest BCUT2D eigenvalue weighted by atomic mass is 35.5. The zero-order chi connectivity index (χ0) is 19.3. The first kappa shape index (κ1) is 20.3. The van der Waals surface area contributed by atoms with Gasteiger partial charge in [-0.1, -0.05) is 37.6 Å². The predicted octanol–water partition coefficient (Wildman–Crippen LogP) is 3.55. The molecule has 2 N–H and O–H groups in total. The number of carbonyl (C=O) groups is 2. The van der Waals surface area contributed by atoms with Crippen LogP contribution in [0.25, 0.3) is 0 Å². The summed E-state index contributed by atoms with van der Waals surface area (Å²) in [6.07, 6.45) is 5.00. The molecule has 26 heavy (non-hydrogen) atoms. The summed E-state index contributed by atoms with van der Waals surface area (Å²) in [6.45, 7) is 4.12. The molecule has 2 heterocycles. The fourth-order valence-corrected chi connectivity index (χ4v) is 2.95. The molecule has 2 aliphatic rings. The van der Waals surface area contributed by atoms with Gasteiger partial charge in [0.1, 0.15) is 28.9 Å². The summed E-state index contributed by atoms with van der Waals surface area (Å²) in [4.78, 5) is 24.4. The molecule has 2 atom stereocenters. The van der Waals surface area contributed by atoms with Crippen LogP contribution in [0, 0.1) is 0 Å². The minimum Gasteiger partial charge on any atom is -0.507 e. The number of benzene rings is 1. The van der Waals surface area contributed by atoms with E-state index in [9.17, 15) is 19.8 Å². The molecule has 2 unspecified atom stereocenters. The number of phenolic OH excluding ortho intramolecular Hbond substituents is 2. The Balaban J connectivity index is 0.00000117. The number of cyclic esters (lactones) is 1. The van der Waals surface area contributed by atoms with E-state index in [1.807, 2.05) is 26.0 Å². The van der Waals surface area contributed by atoms with Crippen LogP contribution in [0.2, 0.25) is 5.02 Å². The van der Waals surface area contributed by atoms with E-state index in [1.165, 1.54) is 0 Å². The summed E-state index contributed by atoms with van der Waals surface area (Å²) in [5.74, 6) is -1.78. The second-order valence-electron chi connectivity index (χ2n) is 5.83. The lowest BCUT2D eigenvalue weighted by Gasteiger charge is -2.14. The Morgan fingerprint density at radius 1 is 1.19 bits per heavy atom. The highest BCUT2D eigenvalue weighted by Crippen LogP contribution is 2.37. The number of fused-ring (bicyclic) bond motifs is 2. The van der Waals surface area contributed by atoms with E-state index in [-0.39, 0.29) is 59.3 Å². The first-order valence-corrected chi connectivity index (χ1v) is 9.09. The maximum Gasteiger partial charge on any atom is 0.342 e. The molecule has 0 spiro atoms. The summed E-state index contributed by atoms with van der Waals surface area (Å²) in [7, 11) is 0. The number of hydrogen-bond acceptors (Lipinski definition) is 6. The molecule has 0 amide bonds. The third kappa shape index (κ3) is 4.77. The maximum atomic E-state index is 12.3. The van der Waals surface area contributed by atoms with Gasteiger partial charge in [0.15, 0.2) is 0 Å². The number of halogens is 1. The Morgan fingerprint density at radius 3 is 2.65 bits per heavy atom. The second-order valence-corrected chi connectivity index (χ2v) is 6.21. The van der Waals surface area contributed by atoms with E-state index in [0.717, 1.165) is 6.07 Å². The Bertz CT molecular complexity index is 712. The molecule has 0 aliphatic carbocycles. The van der Waals surface area contributed by atoms with E-state index in [4.69, 9.17) is 21.1 Å². The van der Waals surface area contributed by atoms with Crippen LogP contribution < -0.4 is 0 Å².